The summed E-state index contributed by atoms with van der Waals surface area (Å²) in [5, 5.41) is 1.30. The number of amides is 3. The van der Waals surface area contributed by atoms with Gasteiger partial charge in [-0.1, -0.05) is 53.4 Å². The molecule has 3 aromatic carbocycles. The number of hydrogen-bond acceptors (Lipinski definition) is 8. The van der Waals surface area contributed by atoms with Gasteiger partial charge in [0.25, 0.3) is 5.91 Å². The number of hydrogen-bond donors (Lipinski definition) is 2. The predicted octanol–water partition coefficient (Wildman–Crippen LogP) is 6.69. The Labute approximate surface area is 281 Å². The third kappa shape index (κ3) is 6.51. The quantitative estimate of drug-likeness (QED) is 0.154. The van der Waals surface area contributed by atoms with Crippen molar-refractivity contribution in [3.05, 3.63) is 98.0 Å². The average molecular weight is 724 g/mol. The molecule has 9 nitrogen and oxygen atoms in total. The molecule has 1 saturated heterocycles. The lowest BCUT2D eigenvalue weighted by Crippen LogP contribution is -2.33. The monoisotopic (exact) mass is 723 g/mol. The Morgan fingerprint density at radius 1 is 0.878 bits per heavy atom. The Hall–Kier alpha value is -4.77. The minimum absolute atomic E-state index is 0.0172. The van der Waals surface area contributed by atoms with Crippen molar-refractivity contribution < 1.29 is 50.2 Å². The molecule has 4 aromatic rings. The number of fused-ring (bicyclic) bond motifs is 2. The van der Waals surface area contributed by atoms with Crippen LogP contribution in [0.4, 0.5) is 37.7 Å². The molecule has 0 aliphatic carbocycles. The zero-order chi connectivity index (χ0) is 35.2. The van der Waals surface area contributed by atoms with E-state index in [0.29, 0.717) is 20.4 Å². The molecule has 6 rings (SSSR count). The van der Waals surface area contributed by atoms with E-state index in [1.165, 1.54) is 36.4 Å². The third-order valence-corrected chi connectivity index (χ3v) is 10.2. The van der Waals surface area contributed by atoms with Crippen molar-refractivity contribution in [2.75, 3.05) is 23.4 Å². The predicted molar refractivity (Wildman–Crippen MR) is 167 cm³/mol. The number of para-hydroxylation sites is 2. The molecule has 1 aromatic heterocycles. The van der Waals surface area contributed by atoms with Gasteiger partial charge in [-0.3, -0.25) is 19.2 Å². The number of halogens is 6. The Bertz CT molecular complexity index is 2010. The first-order chi connectivity index (χ1) is 23.2. The maximum Gasteiger partial charge on any atom is 0.418 e. The van der Waals surface area contributed by atoms with Gasteiger partial charge in [-0.15, -0.1) is 0 Å². The normalized spacial score (nSPS) is 19.0. The van der Waals surface area contributed by atoms with Gasteiger partial charge >= 0.3 is 17.2 Å². The number of aromatic nitrogens is 1. The van der Waals surface area contributed by atoms with E-state index < -0.39 is 81.1 Å². The van der Waals surface area contributed by atoms with Crippen LogP contribution in [0.1, 0.15) is 34.4 Å². The summed E-state index contributed by atoms with van der Waals surface area (Å²) in [6.07, 6.45) is -9.57. The fourth-order valence-electron chi connectivity index (χ4n) is 5.80. The lowest BCUT2D eigenvalue weighted by molar-refractivity contribution is -0.138. The maximum absolute atomic E-state index is 14.0. The van der Waals surface area contributed by atoms with E-state index in [9.17, 15) is 45.5 Å². The van der Waals surface area contributed by atoms with E-state index in [-0.39, 0.29) is 18.1 Å². The summed E-state index contributed by atoms with van der Waals surface area (Å²) in [5.41, 5.74) is -2.91. The maximum atomic E-state index is 14.0. The van der Waals surface area contributed by atoms with E-state index in [2.05, 4.69) is 10.3 Å². The van der Waals surface area contributed by atoms with Gasteiger partial charge in [0.05, 0.1) is 40.1 Å². The van der Waals surface area contributed by atoms with Gasteiger partial charge in [0, 0.05) is 10.8 Å². The van der Waals surface area contributed by atoms with Crippen molar-refractivity contribution >= 4 is 52.2 Å². The summed E-state index contributed by atoms with van der Waals surface area (Å²) in [4.78, 5) is 55.8. The molecule has 2 N–H and O–H groups in total. The average Bonchev–Trinajstić information content (AvgIpc) is 3.53. The van der Waals surface area contributed by atoms with Crippen LogP contribution in [0.25, 0.3) is 0 Å². The molecule has 256 valence electrons. The molecule has 3 heterocycles. The van der Waals surface area contributed by atoms with E-state index >= 15 is 0 Å². The molecule has 3 atom stereocenters. The van der Waals surface area contributed by atoms with Gasteiger partial charge in [-0.05, 0) is 48.9 Å². The number of benzene rings is 3. The van der Waals surface area contributed by atoms with Crippen molar-refractivity contribution in [2.45, 2.75) is 35.5 Å². The Morgan fingerprint density at radius 3 is 2.24 bits per heavy atom. The summed E-state index contributed by atoms with van der Waals surface area (Å²) >= 11 is 1.69. The van der Waals surface area contributed by atoms with Crippen LogP contribution in [0, 0.1) is 5.92 Å². The zero-order valence-corrected chi connectivity index (χ0v) is 26.6. The largest absolute Gasteiger partial charge is 0.490 e. The summed E-state index contributed by atoms with van der Waals surface area (Å²) < 4.78 is 93.2. The van der Waals surface area contributed by atoms with Crippen LogP contribution in [0.2, 0.25) is 0 Å². The van der Waals surface area contributed by atoms with Crippen LogP contribution >= 0.6 is 23.1 Å². The van der Waals surface area contributed by atoms with Crippen molar-refractivity contribution in [1.29, 1.82) is 0 Å². The number of thioether (sulfide) groups is 1. The van der Waals surface area contributed by atoms with Crippen molar-refractivity contribution in [2.24, 2.45) is 5.92 Å². The molecule has 1 fully saturated rings. The topological polar surface area (TPSA) is 118 Å². The SMILES string of the molecule is CCOc1cc([C@H]2c3sc(=O)[nH]c3SC3C(=O)N(c4ccccc4C(F)(F)F)C(=O)C32)ccc1OCC(=O)Nc1ccccc1C(F)(F)F. The standard InChI is InChI=1S/C32H23F6N3O6S2/c1-2-46-21-13-15(11-12-20(21)47-14-22(42)39-18-9-5-3-7-16(18)31(33,34)35)23-24-26(48-27-25(23)49-30(45)40-27)29(44)41(28(24)43)19-10-6-4-8-17(19)32(36,37)38/h3-13,23-24,26H,2,14H2,1H3,(H,39,42)(H,40,45)/t23-,24?,26?/m1/s1. The van der Waals surface area contributed by atoms with Crippen LogP contribution in [0.3, 0.4) is 0 Å². The number of imide groups is 1. The minimum Gasteiger partial charge on any atom is -0.490 e. The van der Waals surface area contributed by atoms with Crippen LogP contribution in [0.15, 0.2) is 76.6 Å². The first kappa shape index (κ1) is 34.1. The first-order valence-electron chi connectivity index (χ1n) is 14.5. The van der Waals surface area contributed by atoms with E-state index in [1.807, 2.05) is 0 Å². The van der Waals surface area contributed by atoms with E-state index in [1.54, 1.807) is 6.92 Å². The minimum atomic E-state index is -4.86. The van der Waals surface area contributed by atoms with E-state index in [0.717, 1.165) is 53.4 Å². The molecule has 0 saturated carbocycles. The summed E-state index contributed by atoms with van der Waals surface area (Å²) in [7, 11) is 0. The van der Waals surface area contributed by atoms with Crippen LogP contribution in [0.5, 0.6) is 11.5 Å². The molecule has 0 radical (unpaired) electrons. The fourth-order valence-corrected chi connectivity index (χ4v) is 8.31. The van der Waals surface area contributed by atoms with Gasteiger partial charge in [-0.25, -0.2) is 4.90 Å². The van der Waals surface area contributed by atoms with Crippen molar-refractivity contribution in [1.82, 2.24) is 4.98 Å². The second-order valence-corrected chi connectivity index (χ2v) is 13.0. The fraction of sp³-hybridized carbons (Fsp3) is 0.250. The number of nitrogens with zero attached hydrogens (tertiary/aromatic N) is 1. The number of thiazole rings is 1. The molecule has 17 heteroatoms. The Kier molecular flexibility index (Phi) is 9.00. The molecule has 2 unspecified atom stereocenters. The van der Waals surface area contributed by atoms with Crippen LogP contribution < -0.4 is 24.6 Å². The van der Waals surface area contributed by atoms with Gasteiger partial charge in [-0.2, -0.15) is 26.3 Å². The highest BCUT2D eigenvalue weighted by molar-refractivity contribution is 8.00. The highest BCUT2D eigenvalue weighted by Crippen LogP contribution is 2.54. The number of nitrogens with one attached hydrogen (secondary N) is 2. The molecule has 3 amide bonds. The summed E-state index contributed by atoms with van der Waals surface area (Å²) in [5.74, 6) is -4.75. The number of H-pyrrole nitrogens is 1. The number of carbonyl (C=O) groups excluding carboxylic acids is 3. The van der Waals surface area contributed by atoms with E-state index in [4.69, 9.17) is 9.47 Å². The molecule has 0 bridgehead atoms. The summed E-state index contributed by atoms with van der Waals surface area (Å²) in [6.45, 7) is 1.04. The van der Waals surface area contributed by atoms with Gasteiger partial charge < -0.3 is 19.8 Å². The molecule has 0 spiro atoms. The molecular weight excluding hydrogens is 700 g/mol. The Balaban J connectivity index is 1.32. The van der Waals surface area contributed by atoms with Crippen molar-refractivity contribution in [3.63, 3.8) is 0 Å². The lowest BCUT2D eigenvalue weighted by atomic mass is 9.83. The number of ether oxygens (including phenoxy) is 2. The molecular formula is C32H23F6N3O6S2. The van der Waals surface area contributed by atoms with Gasteiger partial charge in [0.2, 0.25) is 11.8 Å². The molecule has 2 aliphatic rings. The summed E-state index contributed by atoms with van der Waals surface area (Å²) in [6, 6.07) is 13.0. The zero-order valence-electron chi connectivity index (χ0n) is 25.0. The third-order valence-electron chi connectivity index (χ3n) is 7.77. The second-order valence-electron chi connectivity index (χ2n) is 10.8. The number of alkyl halides is 6. The number of rotatable bonds is 8. The smallest absolute Gasteiger partial charge is 0.418 e. The second kappa shape index (κ2) is 12.9. The highest BCUT2D eigenvalue weighted by atomic mass is 32.2. The Morgan fingerprint density at radius 2 is 1.55 bits per heavy atom. The lowest BCUT2D eigenvalue weighted by Gasteiger charge is -2.30. The highest BCUT2D eigenvalue weighted by Gasteiger charge is 2.57. The molecule has 49 heavy (non-hydrogen) atoms. The number of aromatic amines is 1. The molecule has 2 aliphatic heterocycles. The number of anilines is 2. The first-order valence-corrected chi connectivity index (χ1v) is 16.2. The number of carbonyl (C=O) groups is 3. The van der Waals surface area contributed by atoms with Gasteiger partial charge in [0.1, 0.15) is 5.25 Å². The van der Waals surface area contributed by atoms with Crippen LogP contribution in [-0.4, -0.2) is 41.2 Å². The van der Waals surface area contributed by atoms with Gasteiger partial charge in [0.15, 0.2) is 18.1 Å². The van der Waals surface area contributed by atoms with Crippen molar-refractivity contribution in [3.8, 4) is 11.5 Å². The van der Waals surface area contributed by atoms with Crippen LogP contribution in [-0.2, 0) is 26.7 Å².